The molecule has 0 atom stereocenters. The third-order valence-corrected chi connectivity index (χ3v) is 0. The largest absolute Gasteiger partial charge is 1.00 e. The standard InChI is InChI=1S/C3H7.K.H4O4Si/c1-3-2;;1-5(2,3)4/h1,3H2,2H3;;1-4H/q-1;+1;. The van der Waals surface area contributed by atoms with Crippen molar-refractivity contribution in [1.82, 2.24) is 0 Å². The van der Waals surface area contributed by atoms with Gasteiger partial charge in [-0.1, -0.05) is 6.92 Å². The van der Waals surface area contributed by atoms with E-state index in [-0.39, 0.29) is 51.4 Å². The van der Waals surface area contributed by atoms with Gasteiger partial charge in [0, 0.05) is 0 Å². The Hall–Kier alpha value is 1.69. The summed E-state index contributed by atoms with van der Waals surface area (Å²) in [7, 11) is -4.61. The van der Waals surface area contributed by atoms with Crippen molar-refractivity contribution in [2.45, 2.75) is 13.3 Å². The first kappa shape index (κ1) is 17.0. The molecule has 0 aromatic carbocycles. The van der Waals surface area contributed by atoms with Crippen molar-refractivity contribution in [3.05, 3.63) is 6.92 Å². The molecule has 9 heavy (non-hydrogen) atoms. The number of hydrogen-bond acceptors (Lipinski definition) is 4. The maximum absolute atomic E-state index is 7.33. The monoisotopic (exact) mass is 178 g/mol. The molecule has 0 fully saturated rings. The Kier molecular flexibility index (Phi) is 18.3. The average Bonchev–Trinajstić information content (AvgIpc) is 1.27. The van der Waals surface area contributed by atoms with Crippen molar-refractivity contribution >= 4 is 9.05 Å². The van der Waals surface area contributed by atoms with Crippen LogP contribution in [0.2, 0.25) is 0 Å². The normalized spacial score (nSPS) is 8.67. The molecule has 0 saturated carbocycles. The zero-order valence-electron chi connectivity index (χ0n) is 5.70. The van der Waals surface area contributed by atoms with Crippen molar-refractivity contribution in [1.29, 1.82) is 0 Å². The van der Waals surface area contributed by atoms with Gasteiger partial charge in [-0.05, 0) is 0 Å². The average molecular weight is 178 g/mol. The number of hydrogen-bond donors (Lipinski definition) is 4. The molecule has 6 heteroatoms. The van der Waals surface area contributed by atoms with Gasteiger partial charge in [0.15, 0.2) is 0 Å². The van der Waals surface area contributed by atoms with E-state index in [0.29, 0.717) is 0 Å². The minimum atomic E-state index is -4.61. The molecular formula is C3H11KO4Si. The van der Waals surface area contributed by atoms with Crippen LogP contribution in [0, 0.1) is 6.92 Å². The van der Waals surface area contributed by atoms with Gasteiger partial charge < -0.3 is 26.1 Å². The van der Waals surface area contributed by atoms with Crippen LogP contribution in [-0.4, -0.2) is 28.2 Å². The zero-order chi connectivity index (χ0) is 7.21. The summed E-state index contributed by atoms with van der Waals surface area (Å²) in [5.41, 5.74) is 0. The first-order valence-electron chi connectivity index (χ1n) is 2.10. The fourth-order valence-corrected chi connectivity index (χ4v) is 0. The summed E-state index contributed by atoms with van der Waals surface area (Å²) in [5, 5.41) is 0. The van der Waals surface area contributed by atoms with Crippen molar-refractivity contribution in [3.8, 4) is 0 Å². The fourth-order valence-electron chi connectivity index (χ4n) is 0. The van der Waals surface area contributed by atoms with Gasteiger partial charge >= 0.3 is 60.4 Å². The van der Waals surface area contributed by atoms with Crippen LogP contribution in [0.5, 0.6) is 0 Å². The molecule has 0 aliphatic rings. The van der Waals surface area contributed by atoms with Crippen LogP contribution in [0.15, 0.2) is 0 Å². The second-order valence-electron chi connectivity index (χ2n) is 1.10. The van der Waals surface area contributed by atoms with E-state index >= 15 is 0 Å². The van der Waals surface area contributed by atoms with Crippen LogP contribution in [0.3, 0.4) is 0 Å². The van der Waals surface area contributed by atoms with Gasteiger partial charge in [-0.3, -0.25) is 0 Å². The minimum absolute atomic E-state index is 0. The first-order chi connectivity index (χ1) is 3.41. The molecule has 0 aromatic heterocycles. The van der Waals surface area contributed by atoms with E-state index in [1.54, 1.807) is 0 Å². The Morgan fingerprint density at radius 3 is 1.22 bits per heavy atom. The first-order valence-corrected chi connectivity index (χ1v) is 3.89. The second kappa shape index (κ2) is 9.69. The van der Waals surface area contributed by atoms with Crippen LogP contribution < -0.4 is 51.4 Å². The Bertz CT molecular complexity index is 39.6. The topological polar surface area (TPSA) is 80.9 Å². The molecule has 52 valence electrons. The number of rotatable bonds is 0. The van der Waals surface area contributed by atoms with E-state index in [9.17, 15) is 0 Å². The molecule has 0 aliphatic heterocycles. The summed E-state index contributed by atoms with van der Waals surface area (Å²) in [4.78, 5) is 29.3. The molecule has 0 heterocycles. The maximum atomic E-state index is 7.33. The third-order valence-electron chi connectivity index (χ3n) is 0. The predicted octanol–water partition coefficient (Wildman–Crippen LogP) is -4.37. The SMILES string of the molecule is O[Si](O)(O)O.[CH2-]CC.[K+]. The minimum Gasteiger partial charge on any atom is -0.368 e. The van der Waals surface area contributed by atoms with Crippen molar-refractivity contribution in [2.75, 3.05) is 0 Å². The molecule has 0 aliphatic carbocycles. The zero-order valence-corrected chi connectivity index (χ0v) is 9.83. The molecule has 0 rings (SSSR count). The summed E-state index contributed by atoms with van der Waals surface area (Å²) < 4.78 is 0. The summed E-state index contributed by atoms with van der Waals surface area (Å²) in [6.07, 6.45) is 1.00. The molecule has 4 N–H and O–H groups in total. The molecule has 0 unspecified atom stereocenters. The van der Waals surface area contributed by atoms with Crippen LogP contribution >= 0.6 is 0 Å². The van der Waals surface area contributed by atoms with Gasteiger partial charge in [0.2, 0.25) is 0 Å². The van der Waals surface area contributed by atoms with Gasteiger partial charge in [0.25, 0.3) is 0 Å². The van der Waals surface area contributed by atoms with E-state index in [1.807, 2.05) is 6.92 Å². The second-order valence-corrected chi connectivity index (χ2v) is 2.30. The molecule has 0 saturated heterocycles. The smallest absolute Gasteiger partial charge is 0.368 e. The molecular weight excluding hydrogens is 167 g/mol. The predicted molar refractivity (Wildman–Crippen MR) is 30.3 cm³/mol. The maximum Gasteiger partial charge on any atom is 1.00 e. The van der Waals surface area contributed by atoms with Gasteiger partial charge in [-0.15, -0.1) is 0 Å². The van der Waals surface area contributed by atoms with Crippen LogP contribution in [0.25, 0.3) is 0 Å². The van der Waals surface area contributed by atoms with Gasteiger partial charge in [0.05, 0.1) is 0 Å². The molecule has 4 nitrogen and oxygen atoms in total. The van der Waals surface area contributed by atoms with Crippen LogP contribution in [0.4, 0.5) is 0 Å². The van der Waals surface area contributed by atoms with Crippen molar-refractivity contribution < 1.29 is 70.6 Å². The summed E-state index contributed by atoms with van der Waals surface area (Å²) in [6.45, 7) is 5.50. The fraction of sp³-hybridized carbons (Fsp3) is 0.667. The molecule has 0 radical (unpaired) electrons. The third kappa shape index (κ3) is 200. The summed E-state index contributed by atoms with van der Waals surface area (Å²) in [5.74, 6) is 0. The van der Waals surface area contributed by atoms with Crippen LogP contribution in [-0.2, 0) is 0 Å². The van der Waals surface area contributed by atoms with E-state index in [1.165, 1.54) is 0 Å². The Balaban J connectivity index is -0.0000000800. The Morgan fingerprint density at radius 2 is 1.22 bits per heavy atom. The van der Waals surface area contributed by atoms with E-state index < -0.39 is 9.05 Å². The Labute approximate surface area is 98.4 Å². The van der Waals surface area contributed by atoms with E-state index in [4.69, 9.17) is 19.2 Å². The van der Waals surface area contributed by atoms with Gasteiger partial charge in [-0.2, -0.15) is 6.42 Å². The van der Waals surface area contributed by atoms with Gasteiger partial charge in [-0.25, -0.2) is 0 Å². The van der Waals surface area contributed by atoms with Crippen LogP contribution in [0.1, 0.15) is 13.3 Å². The summed E-state index contributed by atoms with van der Waals surface area (Å²) in [6, 6.07) is 0. The van der Waals surface area contributed by atoms with E-state index in [2.05, 4.69) is 6.92 Å². The Morgan fingerprint density at radius 1 is 1.22 bits per heavy atom. The summed E-state index contributed by atoms with van der Waals surface area (Å²) >= 11 is 0. The quantitative estimate of drug-likeness (QED) is 0.223. The van der Waals surface area contributed by atoms with E-state index in [0.717, 1.165) is 6.42 Å². The molecule has 0 spiro atoms. The molecule has 0 bridgehead atoms. The van der Waals surface area contributed by atoms with Gasteiger partial charge in [0.1, 0.15) is 0 Å². The molecule has 0 aromatic rings. The molecule has 0 amide bonds. The van der Waals surface area contributed by atoms with Crippen molar-refractivity contribution in [3.63, 3.8) is 0 Å². The van der Waals surface area contributed by atoms with Crippen molar-refractivity contribution in [2.24, 2.45) is 0 Å².